The average Bonchev–Trinajstić information content (AvgIpc) is 2.59. The Labute approximate surface area is 146 Å². The second-order valence-corrected chi connectivity index (χ2v) is 5.03. The summed E-state index contributed by atoms with van der Waals surface area (Å²) in [7, 11) is 0. The molecule has 0 bridgehead atoms. The van der Waals surface area contributed by atoms with Crippen molar-refractivity contribution in [3.8, 4) is 11.5 Å². The Morgan fingerprint density at radius 1 is 1.23 bits per heavy atom. The number of nitro benzene ring substituents is 1. The van der Waals surface area contributed by atoms with E-state index in [1.165, 1.54) is 24.3 Å². The molecule has 1 amide bonds. The summed E-state index contributed by atoms with van der Waals surface area (Å²) in [6.45, 7) is 3.65. The highest BCUT2D eigenvalue weighted by molar-refractivity contribution is 5.97. The van der Waals surface area contributed by atoms with E-state index < -0.39 is 34.0 Å². The Kier molecular flexibility index (Phi) is 5.61. The fraction of sp³-hybridized carbons (Fsp3) is 0.118. The lowest BCUT2D eigenvalue weighted by molar-refractivity contribution is -0.385. The predicted octanol–water partition coefficient (Wildman–Crippen LogP) is 4.32. The molecule has 0 spiro atoms. The molecule has 0 aliphatic heterocycles. The van der Waals surface area contributed by atoms with Crippen molar-refractivity contribution >= 4 is 11.6 Å². The quantitative estimate of drug-likeness (QED) is 0.469. The molecule has 26 heavy (non-hydrogen) atoms. The van der Waals surface area contributed by atoms with Crippen molar-refractivity contribution in [3.05, 3.63) is 76.4 Å². The van der Waals surface area contributed by atoms with Gasteiger partial charge in [0.15, 0.2) is 0 Å². The van der Waals surface area contributed by atoms with Crippen LogP contribution >= 0.6 is 0 Å². The molecule has 0 heterocycles. The van der Waals surface area contributed by atoms with Crippen molar-refractivity contribution in [3.63, 3.8) is 0 Å². The maximum absolute atomic E-state index is 12.8. The number of amides is 1. The lowest BCUT2D eigenvalue weighted by Crippen LogP contribution is -2.23. The number of alkyl halides is 3. The fourth-order valence-corrected chi connectivity index (χ4v) is 2.04. The number of carbonyl (C=O) groups excluding carboxylic acids is 1. The highest BCUT2D eigenvalue weighted by Gasteiger charge is 2.33. The first-order chi connectivity index (χ1) is 12.2. The first kappa shape index (κ1) is 19.0. The molecule has 2 aromatic carbocycles. The van der Waals surface area contributed by atoms with Gasteiger partial charge in [-0.25, -0.2) is 0 Å². The molecule has 0 radical (unpaired) electrons. The molecule has 0 fully saturated rings. The van der Waals surface area contributed by atoms with Crippen molar-refractivity contribution < 1.29 is 27.6 Å². The van der Waals surface area contributed by atoms with E-state index in [4.69, 9.17) is 4.74 Å². The summed E-state index contributed by atoms with van der Waals surface area (Å²) in [5, 5.41) is 13.6. The summed E-state index contributed by atoms with van der Waals surface area (Å²) < 4.78 is 43.6. The van der Waals surface area contributed by atoms with Gasteiger partial charge in [0.2, 0.25) is 5.75 Å². The first-order valence-electron chi connectivity index (χ1n) is 7.25. The number of hydrogen-bond donors (Lipinski definition) is 1. The van der Waals surface area contributed by atoms with Crippen LogP contribution in [0.15, 0.2) is 55.1 Å². The summed E-state index contributed by atoms with van der Waals surface area (Å²) in [4.78, 5) is 22.2. The Morgan fingerprint density at radius 3 is 2.54 bits per heavy atom. The number of carbonyl (C=O) groups is 1. The molecule has 9 heteroatoms. The van der Waals surface area contributed by atoms with E-state index in [2.05, 4.69) is 11.9 Å². The second-order valence-electron chi connectivity index (χ2n) is 5.03. The Bertz CT molecular complexity index is 850. The van der Waals surface area contributed by atoms with Crippen LogP contribution in [0, 0.1) is 10.1 Å². The van der Waals surface area contributed by atoms with Gasteiger partial charge in [-0.3, -0.25) is 14.9 Å². The number of rotatable bonds is 6. The minimum Gasteiger partial charge on any atom is -0.449 e. The smallest absolute Gasteiger partial charge is 0.416 e. The van der Waals surface area contributed by atoms with Gasteiger partial charge in [-0.15, -0.1) is 6.58 Å². The van der Waals surface area contributed by atoms with Crippen LogP contribution in [0.1, 0.15) is 15.9 Å². The molecule has 0 atom stereocenters. The maximum atomic E-state index is 12.8. The molecule has 0 aromatic heterocycles. The van der Waals surface area contributed by atoms with Gasteiger partial charge in [-0.05, 0) is 24.3 Å². The summed E-state index contributed by atoms with van der Waals surface area (Å²) >= 11 is 0. The molecule has 2 aromatic rings. The third kappa shape index (κ3) is 4.38. The zero-order valence-electron chi connectivity index (χ0n) is 13.2. The largest absolute Gasteiger partial charge is 0.449 e. The number of ether oxygens (including phenoxy) is 1. The second kappa shape index (κ2) is 7.68. The Hall–Kier alpha value is -3.36. The average molecular weight is 366 g/mol. The first-order valence-corrected chi connectivity index (χ1v) is 7.25. The molecular formula is C17H13F3N2O4. The summed E-state index contributed by atoms with van der Waals surface area (Å²) in [5.41, 5.74) is -1.96. The molecule has 0 saturated heterocycles. The van der Waals surface area contributed by atoms with Crippen molar-refractivity contribution in [2.45, 2.75) is 6.18 Å². The van der Waals surface area contributed by atoms with E-state index in [0.29, 0.717) is 12.1 Å². The molecule has 0 aliphatic rings. The van der Waals surface area contributed by atoms with Gasteiger partial charge >= 0.3 is 11.9 Å². The predicted molar refractivity (Wildman–Crippen MR) is 87.1 cm³/mol. The number of hydrogen-bond acceptors (Lipinski definition) is 4. The molecule has 6 nitrogen and oxygen atoms in total. The highest BCUT2D eigenvalue weighted by atomic mass is 19.4. The number of nitrogens with one attached hydrogen (secondary N) is 1. The standard InChI is InChI=1S/C17H13F3N2O4/c1-2-9-21-16(23)12-5-3-4-6-14(12)26-15-8-7-11(17(18,19)20)10-13(15)22(24)25/h2-8,10H,1,9H2,(H,21,23). The fourth-order valence-electron chi connectivity index (χ4n) is 2.04. The van der Waals surface area contributed by atoms with Gasteiger partial charge in [0, 0.05) is 12.6 Å². The van der Waals surface area contributed by atoms with Crippen molar-refractivity contribution in [2.24, 2.45) is 0 Å². The lowest BCUT2D eigenvalue weighted by atomic mass is 10.1. The number of nitrogens with zero attached hydrogens (tertiary/aromatic N) is 1. The zero-order chi connectivity index (χ0) is 19.3. The van der Waals surface area contributed by atoms with Crippen LogP contribution in [0.5, 0.6) is 11.5 Å². The summed E-state index contributed by atoms with van der Waals surface area (Å²) in [5.74, 6) is -0.959. The molecule has 0 unspecified atom stereocenters. The normalized spacial score (nSPS) is 10.9. The van der Waals surface area contributed by atoms with E-state index in [1.807, 2.05) is 0 Å². The van der Waals surface area contributed by atoms with Crippen LogP contribution in [-0.2, 0) is 6.18 Å². The number of halogens is 3. The SMILES string of the molecule is C=CCNC(=O)c1ccccc1Oc1ccc(C(F)(F)F)cc1[N+](=O)[O-]. The highest BCUT2D eigenvalue weighted by Crippen LogP contribution is 2.38. The van der Waals surface area contributed by atoms with Crippen LogP contribution < -0.4 is 10.1 Å². The van der Waals surface area contributed by atoms with Crippen LogP contribution in [0.25, 0.3) is 0 Å². The topological polar surface area (TPSA) is 81.5 Å². The molecule has 1 N–H and O–H groups in total. The number of para-hydroxylation sites is 1. The molecule has 0 aliphatic carbocycles. The third-order valence-electron chi connectivity index (χ3n) is 3.24. The van der Waals surface area contributed by atoms with Crippen LogP contribution in [0.2, 0.25) is 0 Å². The van der Waals surface area contributed by atoms with E-state index in [9.17, 15) is 28.1 Å². The van der Waals surface area contributed by atoms with Gasteiger partial charge in [-0.2, -0.15) is 13.2 Å². The van der Waals surface area contributed by atoms with E-state index in [-0.39, 0.29) is 17.9 Å². The summed E-state index contributed by atoms with van der Waals surface area (Å²) in [6, 6.07) is 7.78. The van der Waals surface area contributed by atoms with Crippen molar-refractivity contribution in [1.82, 2.24) is 5.32 Å². The Balaban J connectivity index is 2.41. The van der Waals surface area contributed by atoms with Crippen molar-refractivity contribution in [1.29, 1.82) is 0 Å². The lowest BCUT2D eigenvalue weighted by Gasteiger charge is -2.12. The van der Waals surface area contributed by atoms with Gasteiger partial charge in [0.1, 0.15) is 5.75 Å². The van der Waals surface area contributed by atoms with Gasteiger partial charge < -0.3 is 10.1 Å². The monoisotopic (exact) mass is 366 g/mol. The van der Waals surface area contributed by atoms with Gasteiger partial charge in [0.05, 0.1) is 16.1 Å². The molecule has 136 valence electrons. The number of benzene rings is 2. The molecular weight excluding hydrogens is 353 g/mol. The van der Waals surface area contributed by atoms with E-state index in [0.717, 1.165) is 6.07 Å². The molecule has 2 rings (SSSR count). The zero-order valence-corrected chi connectivity index (χ0v) is 13.2. The molecule has 0 saturated carbocycles. The Morgan fingerprint density at radius 2 is 1.92 bits per heavy atom. The number of nitro groups is 1. The van der Waals surface area contributed by atoms with E-state index >= 15 is 0 Å². The van der Waals surface area contributed by atoms with Crippen molar-refractivity contribution in [2.75, 3.05) is 6.54 Å². The van der Waals surface area contributed by atoms with Gasteiger partial charge in [-0.1, -0.05) is 18.2 Å². The van der Waals surface area contributed by atoms with Crippen LogP contribution in [-0.4, -0.2) is 17.4 Å². The minimum atomic E-state index is -4.73. The van der Waals surface area contributed by atoms with E-state index in [1.54, 1.807) is 6.07 Å². The third-order valence-corrected chi connectivity index (χ3v) is 3.24. The minimum absolute atomic E-state index is 0.0306. The maximum Gasteiger partial charge on any atom is 0.416 e. The van der Waals surface area contributed by atoms with Gasteiger partial charge in [0.25, 0.3) is 5.91 Å². The van der Waals surface area contributed by atoms with Crippen LogP contribution in [0.4, 0.5) is 18.9 Å². The summed E-state index contributed by atoms with van der Waals surface area (Å²) in [6.07, 6.45) is -3.27. The van der Waals surface area contributed by atoms with Crippen LogP contribution in [0.3, 0.4) is 0 Å².